The van der Waals surface area contributed by atoms with Crippen molar-refractivity contribution >= 4 is 22.0 Å². The highest BCUT2D eigenvalue weighted by atomic mass is 32.2. The monoisotopic (exact) mass is 320 g/mol. The number of carboxylic acids is 1. The minimum atomic E-state index is -3.96. The lowest BCUT2D eigenvalue weighted by Gasteiger charge is -2.18. The van der Waals surface area contributed by atoms with Gasteiger partial charge >= 0.3 is 5.97 Å². The Balaban J connectivity index is 2.63. The summed E-state index contributed by atoms with van der Waals surface area (Å²) in [5.41, 5.74) is 10.3. The number of aliphatic carboxylic acids is 1. The van der Waals surface area contributed by atoms with Gasteiger partial charge in [0.25, 0.3) is 10.0 Å². The second-order valence-electron chi connectivity index (χ2n) is 4.47. The highest BCUT2D eigenvalue weighted by molar-refractivity contribution is 7.93. The first-order valence-corrected chi connectivity index (χ1v) is 7.94. The maximum atomic E-state index is 12.0. The van der Waals surface area contributed by atoms with Crippen molar-refractivity contribution < 1.29 is 23.1 Å². The lowest BCUT2D eigenvalue weighted by molar-refractivity contribution is -0.139. The number of ether oxygens (including phenoxy) is 1. The maximum Gasteiger partial charge on any atom is 0.321 e. The quantitative estimate of drug-likeness (QED) is 0.255. The lowest BCUT2D eigenvalue weighted by Crippen LogP contribution is -2.41. The summed E-state index contributed by atoms with van der Waals surface area (Å²) < 4.78 is 31.2. The van der Waals surface area contributed by atoms with Crippen LogP contribution in [-0.4, -0.2) is 44.6 Å². The van der Waals surface area contributed by atoms with Crippen molar-refractivity contribution in [2.45, 2.75) is 31.7 Å². The van der Waals surface area contributed by atoms with Crippen LogP contribution in [0.1, 0.15) is 25.7 Å². The van der Waals surface area contributed by atoms with Gasteiger partial charge in [-0.05, 0) is 31.8 Å². The van der Waals surface area contributed by atoms with Crippen LogP contribution in [0, 0.1) is 0 Å². The molecule has 0 bridgehead atoms. The first-order valence-electron chi connectivity index (χ1n) is 6.46. The van der Waals surface area contributed by atoms with E-state index < -0.39 is 22.0 Å². The van der Waals surface area contributed by atoms with Gasteiger partial charge in [0.15, 0.2) is 5.96 Å². The second kappa shape index (κ2) is 7.84. The van der Waals surface area contributed by atoms with E-state index in [0.29, 0.717) is 19.4 Å². The summed E-state index contributed by atoms with van der Waals surface area (Å²) in [6.45, 7) is 0.530. The normalized spacial score (nSPS) is 16.5. The topological polar surface area (TPSA) is 157 Å². The molecule has 1 heterocycles. The molecule has 0 amide bonds. The molecular formula is C11H20N4O5S. The number of guanidine groups is 1. The van der Waals surface area contributed by atoms with Gasteiger partial charge in [0.1, 0.15) is 6.04 Å². The number of aliphatic imine (C=N–C) groups is 1. The van der Waals surface area contributed by atoms with E-state index in [0.717, 1.165) is 6.42 Å². The molecule has 0 unspecified atom stereocenters. The Morgan fingerprint density at radius 2 is 2.24 bits per heavy atom. The van der Waals surface area contributed by atoms with Crippen molar-refractivity contribution in [1.29, 1.82) is 0 Å². The summed E-state index contributed by atoms with van der Waals surface area (Å²) in [4.78, 5) is 14.8. The minimum absolute atomic E-state index is 0.0681. The first-order chi connectivity index (χ1) is 9.83. The smallest absolute Gasteiger partial charge is 0.321 e. The fourth-order valence-corrected chi connectivity index (χ4v) is 2.99. The third-order valence-electron chi connectivity index (χ3n) is 2.71. The zero-order valence-electron chi connectivity index (χ0n) is 11.5. The van der Waals surface area contributed by atoms with Crippen LogP contribution in [0.15, 0.2) is 16.2 Å². The van der Waals surface area contributed by atoms with Crippen LogP contribution in [0.3, 0.4) is 0 Å². The minimum Gasteiger partial charge on any atom is -0.482 e. The molecule has 1 rings (SSSR count). The Bertz CT molecular complexity index is 525. The second-order valence-corrected chi connectivity index (χ2v) is 6.12. The number of carbonyl (C=O) groups is 1. The molecule has 0 aromatic carbocycles. The predicted octanol–water partition coefficient (Wildman–Crippen LogP) is -0.936. The van der Waals surface area contributed by atoms with Crippen LogP contribution in [0.25, 0.3) is 0 Å². The van der Waals surface area contributed by atoms with Crippen LogP contribution in [0.2, 0.25) is 0 Å². The van der Waals surface area contributed by atoms with Gasteiger partial charge in [-0.1, -0.05) is 0 Å². The van der Waals surface area contributed by atoms with Gasteiger partial charge in [-0.15, -0.1) is 0 Å². The zero-order valence-corrected chi connectivity index (χ0v) is 12.3. The van der Waals surface area contributed by atoms with Crippen molar-refractivity contribution in [3.63, 3.8) is 0 Å². The lowest BCUT2D eigenvalue weighted by atomic mass is 10.2. The van der Waals surface area contributed by atoms with Crippen molar-refractivity contribution in [1.82, 2.24) is 4.72 Å². The molecule has 0 saturated carbocycles. The van der Waals surface area contributed by atoms with E-state index in [2.05, 4.69) is 9.71 Å². The number of allylic oxidation sites excluding steroid dienone is 1. The van der Waals surface area contributed by atoms with Crippen LogP contribution < -0.4 is 16.2 Å². The molecule has 1 aliphatic heterocycles. The number of nitrogens with one attached hydrogen (secondary N) is 1. The molecule has 0 aromatic heterocycles. The summed E-state index contributed by atoms with van der Waals surface area (Å²) in [5, 5.41) is 8.85. The van der Waals surface area contributed by atoms with Crippen molar-refractivity contribution in [3.05, 3.63) is 11.2 Å². The molecule has 120 valence electrons. The number of rotatable bonds is 8. The van der Waals surface area contributed by atoms with Crippen LogP contribution in [0.5, 0.6) is 0 Å². The fourth-order valence-electron chi connectivity index (χ4n) is 1.70. The van der Waals surface area contributed by atoms with Gasteiger partial charge in [-0.25, -0.2) is 8.42 Å². The van der Waals surface area contributed by atoms with Gasteiger partial charge in [0.05, 0.1) is 6.61 Å². The Labute approximate surface area is 123 Å². The van der Waals surface area contributed by atoms with Gasteiger partial charge < -0.3 is 21.3 Å². The number of carboxylic acid groups (broad SMARTS) is 1. The van der Waals surface area contributed by atoms with Crippen molar-refractivity contribution in [3.8, 4) is 0 Å². The molecule has 0 aromatic rings. The number of sulfonamides is 1. The molecule has 10 heteroatoms. The van der Waals surface area contributed by atoms with Gasteiger partial charge in [-0.3, -0.25) is 9.79 Å². The Morgan fingerprint density at radius 1 is 1.52 bits per heavy atom. The molecule has 0 fully saturated rings. The van der Waals surface area contributed by atoms with E-state index in [9.17, 15) is 13.2 Å². The predicted molar refractivity (Wildman–Crippen MR) is 76.7 cm³/mol. The molecule has 0 radical (unpaired) electrons. The van der Waals surface area contributed by atoms with Gasteiger partial charge in [-0.2, -0.15) is 4.72 Å². The number of nitrogens with zero attached hydrogens (tertiary/aromatic N) is 1. The fraction of sp³-hybridized carbons (Fsp3) is 0.636. The molecule has 6 N–H and O–H groups in total. The van der Waals surface area contributed by atoms with Gasteiger partial charge in [0.2, 0.25) is 5.09 Å². The summed E-state index contributed by atoms with van der Waals surface area (Å²) in [7, 11) is -3.96. The third-order valence-corrected chi connectivity index (χ3v) is 4.12. The van der Waals surface area contributed by atoms with E-state index in [4.69, 9.17) is 21.3 Å². The SMILES string of the molecule is NC(N)=NCCC[C@H](NS(=O)(=O)C1=CCCCO1)C(=O)O. The van der Waals surface area contributed by atoms with E-state index in [-0.39, 0.29) is 24.0 Å². The number of hydrogen-bond donors (Lipinski definition) is 4. The van der Waals surface area contributed by atoms with Gasteiger partial charge in [0, 0.05) is 6.54 Å². The van der Waals surface area contributed by atoms with Crippen LogP contribution in [-0.2, 0) is 19.6 Å². The Kier molecular flexibility index (Phi) is 6.43. The summed E-state index contributed by atoms with van der Waals surface area (Å²) in [6, 6.07) is -1.25. The van der Waals surface area contributed by atoms with E-state index >= 15 is 0 Å². The Morgan fingerprint density at radius 3 is 2.76 bits per heavy atom. The standard InChI is InChI=1S/C11H20N4O5S/c12-11(13)14-6-3-4-8(10(16)17)15-21(18,19)9-5-1-2-7-20-9/h5,8,15H,1-4,6-7H2,(H,16,17)(H4,12,13,14)/t8-/m0/s1. The van der Waals surface area contributed by atoms with E-state index in [1.54, 1.807) is 0 Å². The van der Waals surface area contributed by atoms with E-state index in [1.165, 1.54) is 6.08 Å². The van der Waals surface area contributed by atoms with Crippen molar-refractivity contribution in [2.24, 2.45) is 16.5 Å². The molecule has 1 atom stereocenters. The summed E-state index contributed by atoms with van der Waals surface area (Å²) >= 11 is 0. The highest BCUT2D eigenvalue weighted by Crippen LogP contribution is 2.16. The van der Waals surface area contributed by atoms with Crippen molar-refractivity contribution in [2.75, 3.05) is 13.2 Å². The molecule has 9 nitrogen and oxygen atoms in total. The number of nitrogens with two attached hydrogens (primary N) is 2. The van der Waals surface area contributed by atoms with Crippen LogP contribution in [0.4, 0.5) is 0 Å². The molecular weight excluding hydrogens is 300 g/mol. The summed E-state index contributed by atoms with van der Waals surface area (Å²) in [5.74, 6) is -1.36. The van der Waals surface area contributed by atoms with E-state index in [1.807, 2.05) is 0 Å². The Hall–Kier alpha value is -1.81. The largest absolute Gasteiger partial charge is 0.482 e. The average molecular weight is 320 g/mol. The number of hydrogen-bond acceptors (Lipinski definition) is 5. The molecule has 0 saturated heterocycles. The maximum absolute atomic E-state index is 12.0. The first kappa shape index (κ1) is 17.2. The van der Waals surface area contributed by atoms with Crippen LogP contribution >= 0.6 is 0 Å². The molecule has 1 aliphatic rings. The highest BCUT2D eigenvalue weighted by Gasteiger charge is 2.28. The zero-order chi connectivity index (χ0) is 15.9. The molecule has 21 heavy (non-hydrogen) atoms. The molecule has 0 spiro atoms. The molecule has 0 aliphatic carbocycles. The third kappa shape index (κ3) is 6.00. The average Bonchev–Trinajstić information content (AvgIpc) is 2.42. The summed E-state index contributed by atoms with van der Waals surface area (Å²) in [6.07, 6.45) is 3.15.